The smallest absolute Gasteiger partial charge is 0.325 e. The van der Waals surface area contributed by atoms with E-state index in [1.165, 1.54) is 6.20 Å². The number of nitrogens with zero attached hydrogens (tertiary/aromatic N) is 4. The Bertz CT molecular complexity index is 457. The lowest BCUT2D eigenvalue weighted by molar-refractivity contribution is -0.137. The Hall–Kier alpha value is -1.92. The molecular weight excluding hydrogens is 236 g/mol. The molecule has 0 spiro atoms. The number of carbonyl (C=O) groups is 2. The van der Waals surface area contributed by atoms with Crippen molar-refractivity contribution < 1.29 is 14.7 Å². The van der Waals surface area contributed by atoms with E-state index in [4.69, 9.17) is 5.11 Å². The van der Waals surface area contributed by atoms with E-state index in [0.717, 1.165) is 30.6 Å². The maximum Gasteiger partial charge on any atom is 0.325 e. The van der Waals surface area contributed by atoms with Gasteiger partial charge in [-0.05, 0) is 18.8 Å². The van der Waals surface area contributed by atoms with Gasteiger partial charge in [-0.3, -0.25) is 9.59 Å². The van der Waals surface area contributed by atoms with E-state index in [-0.39, 0.29) is 18.1 Å². The Labute approximate surface area is 104 Å². The first-order chi connectivity index (χ1) is 8.56. The Morgan fingerprint density at radius 2 is 2.33 bits per heavy atom. The third-order valence-electron chi connectivity index (χ3n) is 3.00. The second-order valence-corrected chi connectivity index (χ2v) is 4.69. The van der Waals surface area contributed by atoms with Crippen molar-refractivity contribution in [3.63, 3.8) is 0 Å². The SMILES string of the molecule is CC1CCCN(C(=O)c2cn(CC(=O)O)nn2)C1. The average Bonchev–Trinajstić information content (AvgIpc) is 2.75. The van der Waals surface area contributed by atoms with E-state index in [1.54, 1.807) is 4.90 Å². The molecule has 1 aliphatic heterocycles. The molecule has 1 amide bonds. The monoisotopic (exact) mass is 252 g/mol. The fourth-order valence-electron chi connectivity index (χ4n) is 2.15. The number of likely N-dealkylation sites (tertiary alicyclic amines) is 1. The van der Waals surface area contributed by atoms with Crippen LogP contribution in [0.2, 0.25) is 0 Å². The van der Waals surface area contributed by atoms with Gasteiger partial charge in [-0.2, -0.15) is 0 Å². The minimum Gasteiger partial charge on any atom is -0.480 e. The molecule has 1 fully saturated rings. The summed E-state index contributed by atoms with van der Waals surface area (Å²) in [6.45, 7) is 3.29. The van der Waals surface area contributed by atoms with Crippen LogP contribution in [0.5, 0.6) is 0 Å². The number of carbonyl (C=O) groups excluding carboxylic acids is 1. The molecule has 98 valence electrons. The summed E-state index contributed by atoms with van der Waals surface area (Å²) in [5.74, 6) is -0.680. The molecule has 0 radical (unpaired) electrons. The molecule has 0 bridgehead atoms. The number of carboxylic acid groups (broad SMARTS) is 1. The van der Waals surface area contributed by atoms with Crippen molar-refractivity contribution in [1.82, 2.24) is 19.9 Å². The molecule has 1 N–H and O–H groups in total. The highest BCUT2D eigenvalue weighted by atomic mass is 16.4. The third-order valence-corrected chi connectivity index (χ3v) is 3.00. The molecule has 1 unspecified atom stereocenters. The molecule has 1 saturated heterocycles. The van der Waals surface area contributed by atoms with Crippen molar-refractivity contribution in [2.24, 2.45) is 5.92 Å². The van der Waals surface area contributed by atoms with Crippen molar-refractivity contribution >= 4 is 11.9 Å². The maximum absolute atomic E-state index is 12.1. The lowest BCUT2D eigenvalue weighted by atomic mass is 10.0. The van der Waals surface area contributed by atoms with Crippen molar-refractivity contribution in [2.45, 2.75) is 26.3 Å². The highest BCUT2D eigenvalue weighted by Gasteiger charge is 2.24. The molecule has 1 aromatic heterocycles. The minimum atomic E-state index is -1.01. The van der Waals surface area contributed by atoms with Crippen molar-refractivity contribution in [1.29, 1.82) is 0 Å². The fourth-order valence-corrected chi connectivity index (χ4v) is 2.15. The predicted molar refractivity (Wildman–Crippen MR) is 62.0 cm³/mol. The number of rotatable bonds is 3. The lowest BCUT2D eigenvalue weighted by Crippen LogP contribution is -2.39. The zero-order valence-electron chi connectivity index (χ0n) is 10.2. The third kappa shape index (κ3) is 2.85. The van der Waals surface area contributed by atoms with Crippen LogP contribution in [-0.2, 0) is 11.3 Å². The summed E-state index contributed by atoms with van der Waals surface area (Å²) in [5, 5.41) is 16.0. The van der Waals surface area contributed by atoms with Gasteiger partial charge < -0.3 is 10.0 Å². The Kier molecular flexibility index (Phi) is 3.59. The highest BCUT2D eigenvalue weighted by molar-refractivity contribution is 5.92. The number of hydrogen-bond donors (Lipinski definition) is 1. The summed E-state index contributed by atoms with van der Waals surface area (Å²) in [4.78, 5) is 24.4. The normalized spacial score (nSPS) is 19.8. The molecule has 7 heteroatoms. The van der Waals surface area contributed by atoms with Crippen molar-refractivity contribution in [3.05, 3.63) is 11.9 Å². The van der Waals surface area contributed by atoms with Crippen LogP contribution in [0.4, 0.5) is 0 Å². The number of aliphatic carboxylic acids is 1. The van der Waals surface area contributed by atoms with Gasteiger partial charge in [0.15, 0.2) is 5.69 Å². The van der Waals surface area contributed by atoms with Gasteiger partial charge in [0.25, 0.3) is 5.91 Å². The summed E-state index contributed by atoms with van der Waals surface area (Å²) in [5.41, 5.74) is 0.213. The molecule has 2 rings (SSSR count). The van der Waals surface area contributed by atoms with Gasteiger partial charge in [-0.25, -0.2) is 4.68 Å². The topological polar surface area (TPSA) is 88.3 Å². The molecule has 2 heterocycles. The number of carboxylic acids is 1. The predicted octanol–water partition coefficient (Wildman–Crippen LogP) is 0.235. The van der Waals surface area contributed by atoms with Gasteiger partial charge in [-0.15, -0.1) is 5.10 Å². The van der Waals surface area contributed by atoms with Gasteiger partial charge in [0, 0.05) is 13.1 Å². The standard InChI is InChI=1S/C11H16N4O3/c1-8-3-2-4-14(5-8)11(18)9-6-15(13-12-9)7-10(16)17/h6,8H,2-5,7H2,1H3,(H,16,17). The highest BCUT2D eigenvalue weighted by Crippen LogP contribution is 2.17. The molecule has 1 aromatic rings. The molecule has 0 aliphatic carbocycles. The molecular formula is C11H16N4O3. The fraction of sp³-hybridized carbons (Fsp3) is 0.636. The number of piperidine rings is 1. The molecule has 0 saturated carbocycles. The number of aromatic nitrogens is 3. The summed E-state index contributed by atoms with van der Waals surface area (Å²) in [6, 6.07) is 0. The first-order valence-electron chi connectivity index (χ1n) is 5.97. The second kappa shape index (κ2) is 5.16. The number of hydrogen-bond acceptors (Lipinski definition) is 4. The van der Waals surface area contributed by atoms with Crippen molar-refractivity contribution in [3.8, 4) is 0 Å². The Morgan fingerprint density at radius 3 is 3.00 bits per heavy atom. The molecule has 18 heavy (non-hydrogen) atoms. The lowest BCUT2D eigenvalue weighted by Gasteiger charge is -2.30. The van der Waals surface area contributed by atoms with E-state index < -0.39 is 5.97 Å². The van der Waals surface area contributed by atoms with Gasteiger partial charge in [0.2, 0.25) is 0 Å². The van der Waals surface area contributed by atoms with Gasteiger partial charge in [0.05, 0.1) is 6.20 Å². The van der Waals surface area contributed by atoms with E-state index in [0.29, 0.717) is 5.92 Å². The summed E-state index contributed by atoms with van der Waals surface area (Å²) in [6.07, 6.45) is 3.52. The summed E-state index contributed by atoms with van der Waals surface area (Å²) < 4.78 is 1.16. The van der Waals surface area contributed by atoms with Crippen LogP contribution in [0.15, 0.2) is 6.20 Å². The van der Waals surface area contributed by atoms with Crippen LogP contribution in [0, 0.1) is 5.92 Å². The quantitative estimate of drug-likeness (QED) is 0.832. The van der Waals surface area contributed by atoms with Gasteiger partial charge >= 0.3 is 5.97 Å². The zero-order valence-corrected chi connectivity index (χ0v) is 10.2. The van der Waals surface area contributed by atoms with E-state index in [2.05, 4.69) is 17.2 Å². The average molecular weight is 252 g/mol. The number of amides is 1. The first kappa shape index (κ1) is 12.5. The second-order valence-electron chi connectivity index (χ2n) is 4.69. The van der Waals surface area contributed by atoms with E-state index in [9.17, 15) is 9.59 Å². The first-order valence-corrected chi connectivity index (χ1v) is 5.97. The van der Waals surface area contributed by atoms with Crippen LogP contribution in [0.1, 0.15) is 30.3 Å². The maximum atomic E-state index is 12.1. The molecule has 1 aliphatic rings. The molecule has 7 nitrogen and oxygen atoms in total. The largest absolute Gasteiger partial charge is 0.480 e. The Morgan fingerprint density at radius 1 is 1.56 bits per heavy atom. The van der Waals surface area contributed by atoms with E-state index in [1.807, 2.05) is 0 Å². The van der Waals surface area contributed by atoms with Crippen LogP contribution in [0.25, 0.3) is 0 Å². The van der Waals surface area contributed by atoms with E-state index >= 15 is 0 Å². The van der Waals surface area contributed by atoms with Crippen LogP contribution < -0.4 is 0 Å². The zero-order chi connectivity index (χ0) is 13.1. The van der Waals surface area contributed by atoms with Gasteiger partial charge in [0.1, 0.15) is 6.54 Å². The van der Waals surface area contributed by atoms with Crippen molar-refractivity contribution in [2.75, 3.05) is 13.1 Å². The summed E-state index contributed by atoms with van der Waals surface area (Å²) in [7, 11) is 0. The molecule has 1 atom stereocenters. The molecule has 0 aromatic carbocycles. The van der Waals surface area contributed by atoms with Crippen LogP contribution in [-0.4, -0.2) is 50.0 Å². The summed E-state index contributed by atoms with van der Waals surface area (Å²) >= 11 is 0. The van der Waals surface area contributed by atoms with Crippen LogP contribution in [0.3, 0.4) is 0 Å². The minimum absolute atomic E-state index is 0.168. The Balaban J connectivity index is 2.04. The van der Waals surface area contributed by atoms with Crippen LogP contribution >= 0.6 is 0 Å². The van der Waals surface area contributed by atoms with Gasteiger partial charge in [-0.1, -0.05) is 12.1 Å².